The molecule has 0 bridgehead atoms. The van der Waals surface area contributed by atoms with Crippen molar-refractivity contribution in [3.63, 3.8) is 0 Å². The van der Waals surface area contributed by atoms with E-state index in [1.165, 1.54) is 6.07 Å². The van der Waals surface area contributed by atoms with Crippen LogP contribution < -0.4 is 19.7 Å². The van der Waals surface area contributed by atoms with Crippen LogP contribution in [0.4, 0.5) is 10.1 Å². The van der Waals surface area contributed by atoms with E-state index < -0.39 is 39.9 Å². The molecular weight excluding hydrogens is 477 g/mol. The lowest BCUT2D eigenvalue weighted by Crippen LogP contribution is -2.44. The maximum Gasteiger partial charge on any atom is 0.326 e. The van der Waals surface area contributed by atoms with Gasteiger partial charge in [-0.15, -0.1) is 0 Å². The van der Waals surface area contributed by atoms with Gasteiger partial charge in [0.1, 0.15) is 18.0 Å². The van der Waals surface area contributed by atoms with Crippen molar-refractivity contribution in [3.8, 4) is 5.75 Å². The van der Waals surface area contributed by atoms with Crippen LogP contribution in [0.2, 0.25) is 0 Å². The van der Waals surface area contributed by atoms with Gasteiger partial charge in [0, 0.05) is 31.6 Å². The fraction of sp³-hybridized carbons (Fsp3) is 0.318. The highest BCUT2D eigenvalue weighted by Gasteiger charge is 2.37. The first-order chi connectivity index (χ1) is 16.8. The molecule has 3 aromatic rings. The molecule has 1 amide bonds. The lowest BCUT2D eigenvalue weighted by molar-refractivity contribution is -0.117. The maximum absolute atomic E-state index is 14.7. The number of hydrogen-bond acceptors (Lipinski definition) is 8. The van der Waals surface area contributed by atoms with Crippen LogP contribution in [0, 0.1) is 11.7 Å². The van der Waals surface area contributed by atoms with Gasteiger partial charge in [0.25, 0.3) is 5.91 Å². The summed E-state index contributed by atoms with van der Waals surface area (Å²) < 4.78 is 42.9. The average Bonchev–Trinajstić information content (AvgIpc) is 3.35. The first-order valence-electron chi connectivity index (χ1n) is 11.1. The molecule has 5 rings (SSSR count). The molecule has 1 unspecified atom stereocenters. The van der Waals surface area contributed by atoms with Gasteiger partial charge in [-0.3, -0.25) is 14.5 Å². The maximum atomic E-state index is 14.7. The number of nitrogens with one attached hydrogen (secondary N) is 3. The Kier molecular flexibility index (Phi) is 5.93. The van der Waals surface area contributed by atoms with E-state index in [2.05, 4.69) is 26.8 Å². The Labute approximate surface area is 200 Å². The lowest BCUT2D eigenvalue weighted by Gasteiger charge is -2.24. The van der Waals surface area contributed by atoms with Gasteiger partial charge >= 0.3 is 10.2 Å². The molecule has 35 heavy (non-hydrogen) atoms. The number of aromatic nitrogens is 2. The molecule has 0 aliphatic carbocycles. The molecule has 3 heterocycles. The summed E-state index contributed by atoms with van der Waals surface area (Å²) in [6.07, 6.45) is 2.77. The number of carbonyl (C=O) groups excluding carboxylic acids is 1. The number of rotatable bonds is 6. The number of hydrogen-bond donors (Lipinski definition) is 4. The predicted molar refractivity (Wildman–Crippen MR) is 127 cm³/mol. The van der Waals surface area contributed by atoms with E-state index in [0.29, 0.717) is 28.3 Å². The van der Waals surface area contributed by atoms with Gasteiger partial charge in [-0.1, -0.05) is 18.2 Å². The summed E-state index contributed by atoms with van der Waals surface area (Å²) in [5.41, 5.74) is 0.929. The summed E-state index contributed by atoms with van der Waals surface area (Å²) in [6.45, 7) is 1.70. The van der Waals surface area contributed by atoms with Gasteiger partial charge in [-0.25, -0.2) is 13.4 Å². The topological polar surface area (TPSA) is 141 Å². The molecule has 184 valence electrons. The highest BCUT2D eigenvalue weighted by molar-refractivity contribution is 7.92. The Bertz CT molecular complexity index is 1400. The highest BCUT2D eigenvalue weighted by Crippen LogP contribution is 2.34. The predicted octanol–water partition coefficient (Wildman–Crippen LogP) is 0.817. The Morgan fingerprint density at radius 2 is 2.09 bits per heavy atom. The molecule has 1 aromatic heterocycles. The third-order valence-electron chi connectivity index (χ3n) is 6.00. The average molecular weight is 502 g/mol. The largest absolute Gasteiger partial charge is 0.506 e. The van der Waals surface area contributed by atoms with Gasteiger partial charge in [0.2, 0.25) is 0 Å². The van der Waals surface area contributed by atoms with E-state index in [9.17, 15) is 22.7 Å². The van der Waals surface area contributed by atoms with Gasteiger partial charge in [0.15, 0.2) is 11.8 Å². The van der Waals surface area contributed by atoms with Crippen molar-refractivity contribution in [2.45, 2.75) is 19.5 Å². The second-order valence-electron chi connectivity index (χ2n) is 8.49. The van der Waals surface area contributed by atoms with E-state index in [4.69, 9.17) is 0 Å². The molecule has 0 spiro atoms. The molecule has 1 saturated heterocycles. The zero-order chi connectivity index (χ0) is 24.6. The third-order valence-corrected chi connectivity index (χ3v) is 7.38. The summed E-state index contributed by atoms with van der Waals surface area (Å²) >= 11 is 0. The second kappa shape index (κ2) is 9.06. The van der Waals surface area contributed by atoms with Crippen molar-refractivity contribution in [2.24, 2.45) is 10.9 Å². The summed E-state index contributed by atoms with van der Waals surface area (Å²) in [6, 6.07) is 10.4. The second-order valence-corrected chi connectivity index (χ2v) is 10.1. The van der Waals surface area contributed by atoms with Crippen LogP contribution in [0.15, 0.2) is 47.6 Å². The number of aromatic hydroxyl groups is 1. The number of benzene rings is 2. The number of nitrogens with zero attached hydrogens (tertiary/aromatic N) is 4. The SMILES string of the molecule is O=C1CN(c2c(O)cc(CNC3=NCC(CCn4ncc5ccccc54)CN3)cc2F)S(=O)(=O)N1. The molecule has 0 radical (unpaired) electrons. The normalized spacial score (nSPS) is 19.3. The Morgan fingerprint density at radius 3 is 2.80 bits per heavy atom. The molecule has 0 saturated carbocycles. The van der Waals surface area contributed by atoms with Crippen LogP contribution >= 0.6 is 0 Å². The number of phenolic OH excluding ortho intramolecular Hbond substituents is 1. The summed E-state index contributed by atoms with van der Waals surface area (Å²) in [5.74, 6) is -1.43. The molecule has 2 aliphatic rings. The quantitative estimate of drug-likeness (QED) is 0.392. The number of guanidine groups is 1. The first kappa shape index (κ1) is 22.9. The van der Waals surface area contributed by atoms with Crippen LogP contribution in [0.5, 0.6) is 5.75 Å². The minimum absolute atomic E-state index is 0.157. The summed E-state index contributed by atoms with van der Waals surface area (Å²) in [5, 5.41) is 22.1. The summed E-state index contributed by atoms with van der Waals surface area (Å²) in [4.78, 5) is 15.9. The molecule has 2 aliphatic heterocycles. The van der Waals surface area contributed by atoms with Gasteiger partial charge < -0.3 is 15.7 Å². The van der Waals surface area contributed by atoms with Crippen LogP contribution in [0.3, 0.4) is 0 Å². The van der Waals surface area contributed by atoms with E-state index in [1.54, 1.807) is 4.72 Å². The monoisotopic (exact) mass is 501 g/mol. The van der Waals surface area contributed by atoms with Gasteiger partial charge in [-0.2, -0.15) is 13.5 Å². The van der Waals surface area contributed by atoms with Crippen molar-refractivity contribution in [3.05, 3.63) is 54.0 Å². The highest BCUT2D eigenvalue weighted by atomic mass is 32.2. The van der Waals surface area contributed by atoms with E-state index in [-0.39, 0.29) is 6.54 Å². The first-order valence-corrected chi connectivity index (χ1v) is 12.5. The number of carbonyl (C=O) groups is 1. The number of para-hydroxylation sites is 1. The Morgan fingerprint density at radius 1 is 1.26 bits per heavy atom. The molecule has 2 aromatic carbocycles. The number of anilines is 1. The third kappa shape index (κ3) is 4.71. The lowest BCUT2D eigenvalue weighted by atomic mass is 10.0. The van der Waals surface area contributed by atoms with Gasteiger partial charge in [0.05, 0.1) is 11.7 Å². The van der Waals surface area contributed by atoms with E-state index >= 15 is 0 Å². The fourth-order valence-corrected chi connectivity index (χ4v) is 5.39. The number of fused-ring (bicyclic) bond motifs is 1. The number of halogens is 1. The molecule has 11 nitrogen and oxygen atoms in total. The number of aryl methyl sites for hydroxylation is 1. The number of amides is 1. The fourth-order valence-electron chi connectivity index (χ4n) is 4.22. The van der Waals surface area contributed by atoms with E-state index in [0.717, 1.165) is 36.5 Å². The van der Waals surface area contributed by atoms with Crippen LogP contribution in [0.1, 0.15) is 12.0 Å². The molecule has 1 fully saturated rings. The Hall–Kier alpha value is -3.87. The number of aliphatic imine (C=N–C) groups is 1. The number of phenols is 1. The van der Waals surface area contributed by atoms with Crippen molar-refractivity contribution in [1.29, 1.82) is 0 Å². The van der Waals surface area contributed by atoms with Crippen molar-refractivity contribution >= 4 is 38.7 Å². The van der Waals surface area contributed by atoms with Gasteiger partial charge in [-0.05, 0) is 36.1 Å². The molecule has 1 atom stereocenters. The smallest absolute Gasteiger partial charge is 0.326 e. The van der Waals surface area contributed by atoms with Crippen molar-refractivity contribution < 1.29 is 22.7 Å². The van der Waals surface area contributed by atoms with E-state index in [1.807, 2.05) is 29.1 Å². The minimum Gasteiger partial charge on any atom is -0.506 e. The molecule has 4 N–H and O–H groups in total. The standard InChI is InChI=1S/C22H24FN7O4S/c23-17-7-15(8-19(31)21(17)30-13-20(32)28-35(30,33)34)11-26-22-24-9-14(10-25-22)5-6-29-18-4-2-1-3-16(18)12-27-29/h1-4,7-8,12,14,31H,5-6,9-11,13H2,(H,28,32)(H2,24,25,26). The van der Waals surface area contributed by atoms with Crippen LogP contribution in [0.25, 0.3) is 10.9 Å². The van der Waals surface area contributed by atoms with Crippen LogP contribution in [-0.2, 0) is 28.1 Å². The van der Waals surface area contributed by atoms with Crippen molar-refractivity contribution in [1.82, 2.24) is 25.1 Å². The Balaban J connectivity index is 1.16. The summed E-state index contributed by atoms with van der Waals surface area (Å²) in [7, 11) is -4.23. The minimum atomic E-state index is -4.23. The molecular formula is C22H24FN7O4S. The molecule has 13 heteroatoms. The zero-order valence-corrected chi connectivity index (χ0v) is 19.4. The van der Waals surface area contributed by atoms with Crippen LogP contribution in [-0.4, -0.2) is 54.8 Å². The van der Waals surface area contributed by atoms with Crippen molar-refractivity contribution in [2.75, 3.05) is 23.9 Å². The zero-order valence-electron chi connectivity index (χ0n) is 18.6.